The number of methoxy groups -OCH3 is 1. The normalized spacial score (nSPS) is 17.7. The quantitative estimate of drug-likeness (QED) is 0.572. The van der Waals surface area contributed by atoms with Crippen molar-refractivity contribution in [2.45, 2.75) is 5.37 Å². The van der Waals surface area contributed by atoms with Gasteiger partial charge in [0.15, 0.2) is 0 Å². The Labute approximate surface area is 160 Å². The number of carbonyl (C=O) groups is 1. The molecule has 7 heteroatoms. The Hall–Kier alpha value is -0.690. The van der Waals surface area contributed by atoms with E-state index in [4.69, 9.17) is 16.3 Å². The van der Waals surface area contributed by atoms with Gasteiger partial charge in [0.05, 0.1) is 17.3 Å². The van der Waals surface area contributed by atoms with Gasteiger partial charge in [-0.05, 0) is 52.3 Å². The average Bonchev–Trinajstić information content (AvgIpc) is 2.89. The second-order valence-corrected chi connectivity index (χ2v) is 8.19. The van der Waals surface area contributed by atoms with Crippen LogP contribution in [0.5, 0.6) is 5.75 Å². The highest BCUT2D eigenvalue weighted by molar-refractivity contribution is 9.11. The molecule has 1 fully saturated rings. The van der Waals surface area contributed by atoms with Crippen molar-refractivity contribution in [1.29, 1.82) is 0 Å². The third-order valence-corrected chi connectivity index (χ3v) is 5.97. The molecule has 1 atom stereocenters. The summed E-state index contributed by atoms with van der Waals surface area (Å²) in [6, 6.07) is 11.2. The van der Waals surface area contributed by atoms with Crippen molar-refractivity contribution >= 4 is 66.8 Å². The van der Waals surface area contributed by atoms with Gasteiger partial charge >= 0.3 is 0 Å². The number of amides is 1. The van der Waals surface area contributed by atoms with Crippen LogP contribution in [0.15, 0.2) is 45.3 Å². The average molecular weight is 478 g/mol. The number of benzene rings is 2. The lowest BCUT2D eigenvalue weighted by molar-refractivity contribution is -0.115. The predicted molar refractivity (Wildman–Crippen MR) is 103 cm³/mol. The summed E-state index contributed by atoms with van der Waals surface area (Å²) in [5.74, 6) is 1.24. The largest absolute Gasteiger partial charge is 0.495 e. The third kappa shape index (κ3) is 3.40. The molecule has 23 heavy (non-hydrogen) atoms. The van der Waals surface area contributed by atoms with Crippen molar-refractivity contribution in [2.75, 3.05) is 17.8 Å². The Morgan fingerprint density at radius 2 is 1.96 bits per heavy atom. The molecule has 0 aromatic heterocycles. The number of ether oxygens (including phenoxy) is 1. The fourth-order valence-corrected chi connectivity index (χ4v) is 5.24. The summed E-state index contributed by atoms with van der Waals surface area (Å²) in [5, 5.41) is 0.500. The fourth-order valence-electron chi connectivity index (χ4n) is 2.51. The molecule has 3 nitrogen and oxygen atoms in total. The highest BCUT2D eigenvalue weighted by Crippen LogP contribution is 2.47. The van der Waals surface area contributed by atoms with E-state index in [2.05, 4.69) is 31.9 Å². The topological polar surface area (TPSA) is 29.5 Å². The lowest BCUT2D eigenvalue weighted by Gasteiger charge is -2.26. The van der Waals surface area contributed by atoms with Crippen molar-refractivity contribution in [3.8, 4) is 5.75 Å². The Kier molecular flexibility index (Phi) is 5.26. The van der Waals surface area contributed by atoms with Crippen LogP contribution >= 0.6 is 55.2 Å². The molecule has 1 aliphatic rings. The maximum atomic E-state index is 12.4. The Morgan fingerprint density at radius 3 is 2.61 bits per heavy atom. The summed E-state index contributed by atoms with van der Waals surface area (Å²) in [6.45, 7) is 0. The molecule has 0 spiro atoms. The monoisotopic (exact) mass is 475 g/mol. The van der Waals surface area contributed by atoms with Gasteiger partial charge in [-0.1, -0.05) is 27.5 Å². The summed E-state index contributed by atoms with van der Waals surface area (Å²) >= 11 is 14.6. The van der Waals surface area contributed by atoms with Crippen LogP contribution in [0.2, 0.25) is 5.02 Å². The third-order valence-electron chi connectivity index (χ3n) is 3.48. The van der Waals surface area contributed by atoms with Crippen LogP contribution in [0.4, 0.5) is 5.69 Å². The zero-order valence-corrected chi connectivity index (χ0v) is 16.8. The molecular weight excluding hydrogens is 466 g/mol. The smallest absolute Gasteiger partial charge is 0.238 e. The van der Waals surface area contributed by atoms with Gasteiger partial charge in [0.1, 0.15) is 11.1 Å². The van der Waals surface area contributed by atoms with Crippen LogP contribution < -0.4 is 9.64 Å². The minimum Gasteiger partial charge on any atom is -0.495 e. The summed E-state index contributed by atoms with van der Waals surface area (Å²) < 4.78 is 7.32. The van der Waals surface area contributed by atoms with Gasteiger partial charge in [0.25, 0.3) is 0 Å². The number of halogens is 3. The molecular formula is C16H12Br2ClNO2S. The first-order valence-electron chi connectivity index (χ1n) is 6.73. The van der Waals surface area contributed by atoms with Crippen molar-refractivity contribution in [1.82, 2.24) is 0 Å². The Bertz CT molecular complexity index is 754. The van der Waals surface area contributed by atoms with Crippen LogP contribution in [0.3, 0.4) is 0 Å². The van der Waals surface area contributed by atoms with Gasteiger partial charge in [0.2, 0.25) is 5.91 Å². The molecule has 0 saturated carbocycles. The molecule has 0 radical (unpaired) electrons. The molecule has 1 heterocycles. The zero-order valence-electron chi connectivity index (χ0n) is 12.1. The first kappa shape index (κ1) is 17.1. The maximum Gasteiger partial charge on any atom is 0.238 e. The number of hydrogen-bond acceptors (Lipinski definition) is 3. The van der Waals surface area contributed by atoms with Gasteiger partial charge in [-0.25, -0.2) is 0 Å². The number of anilines is 1. The van der Waals surface area contributed by atoms with Crippen molar-refractivity contribution in [2.24, 2.45) is 0 Å². The first-order chi connectivity index (χ1) is 11.0. The van der Waals surface area contributed by atoms with Gasteiger partial charge in [0, 0.05) is 20.7 Å². The molecule has 0 aliphatic carbocycles. The number of rotatable bonds is 3. The Balaban J connectivity index is 2.08. The van der Waals surface area contributed by atoms with Crippen molar-refractivity contribution in [3.63, 3.8) is 0 Å². The van der Waals surface area contributed by atoms with Gasteiger partial charge in [-0.15, -0.1) is 11.8 Å². The van der Waals surface area contributed by atoms with Gasteiger partial charge in [-0.2, -0.15) is 0 Å². The van der Waals surface area contributed by atoms with Crippen molar-refractivity contribution < 1.29 is 9.53 Å². The SMILES string of the molecule is COc1c(Br)cc(Br)cc1[C@@H]1SCC(=O)N1c1ccc(Cl)cc1. The number of nitrogens with zero attached hydrogens (tertiary/aromatic N) is 1. The zero-order chi connectivity index (χ0) is 16.6. The van der Waals surface area contributed by atoms with Crippen LogP contribution in [-0.4, -0.2) is 18.8 Å². The minimum atomic E-state index is -0.146. The van der Waals surface area contributed by atoms with E-state index in [0.29, 0.717) is 10.8 Å². The second kappa shape index (κ2) is 7.05. The second-order valence-electron chi connectivity index (χ2n) is 4.91. The molecule has 1 amide bonds. The Morgan fingerprint density at radius 1 is 1.26 bits per heavy atom. The number of thioether (sulfide) groups is 1. The van der Waals surface area contributed by atoms with E-state index in [-0.39, 0.29) is 11.3 Å². The van der Waals surface area contributed by atoms with Crippen LogP contribution in [0.25, 0.3) is 0 Å². The van der Waals surface area contributed by atoms with E-state index in [9.17, 15) is 4.79 Å². The molecule has 3 rings (SSSR count). The van der Waals surface area contributed by atoms with Crippen molar-refractivity contribution in [3.05, 3.63) is 55.9 Å². The summed E-state index contributed by atoms with van der Waals surface area (Å²) in [7, 11) is 1.63. The lowest BCUT2D eigenvalue weighted by atomic mass is 10.1. The molecule has 2 aromatic carbocycles. The molecule has 1 saturated heterocycles. The summed E-state index contributed by atoms with van der Waals surface area (Å²) in [4.78, 5) is 14.2. The highest BCUT2D eigenvalue weighted by Gasteiger charge is 2.36. The fraction of sp³-hybridized carbons (Fsp3) is 0.188. The summed E-state index contributed by atoms with van der Waals surface area (Å²) in [5.41, 5.74) is 1.77. The molecule has 0 unspecified atom stereocenters. The van der Waals surface area contributed by atoms with E-state index in [0.717, 1.165) is 25.9 Å². The predicted octanol–water partition coefficient (Wildman–Crippen LogP) is 5.65. The highest BCUT2D eigenvalue weighted by atomic mass is 79.9. The van der Waals surface area contributed by atoms with Crippen LogP contribution in [-0.2, 0) is 4.79 Å². The summed E-state index contributed by atoms with van der Waals surface area (Å²) in [6.07, 6.45) is 0. The van der Waals surface area contributed by atoms with Gasteiger partial charge in [-0.3, -0.25) is 9.69 Å². The number of carbonyl (C=O) groups excluding carboxylic acids is 1. The standard InChI is InChI=1S/C16H12Br2ClNO2S/c1-22-15-12(6-9(17)7-13(15)18)16-20(14(21)8-23-16)11-4-2-10(19)3-5-11/h2-7,16H,8H2,1H3/t16-/m0/s1. The first-order valence-corrected chi connectivity index (χ1v) is 9.74. The van der Waals surface area contributed by atoms with Crippen LogP contribution in [0, 0.1) is 0 Å². The molecule has 1 aliphatic heterocycles. The lowest BCUT2D eigenvalue weighted by Crippen LogP contribution is -2.28. The molecule has 0 bridgehead atoms. The van der Waals surface area contributed by atoms with E-state index in [1.165, 1.54) is 0 Å². The molecule has 120 valence electrons. The van der Waals surface area contributed by atoms with Gasteiger partial charge < -0.3 is 4.74 Å². The molecule has 0 N–H and O–H groups in total. The minimum absolute atomic E-state index is 0.0699. The number of hydrogen-bond donors (Lipinski definition) is 0. The van der Waals surface area contributed by atoms with Crippen LogP contribution in [0.1, 0.15) is 10.9 Å². The van der Waals surface area contributed by atoms with E-state index in [1.54, 1.807) is 35.9 Å². The molecule has 2 aromatic rings. The maximum absolute atomic E-state index is 12.4. The van der Waals surface area contributed by atoms with E-state index >= 15 is 0 Å². The van der Waals surface area contributed by atoms with E-state index in [1.807, 2.05) is 24.3 Å². The van der Waals surface area contributed by atoms with E-state index < -0.39 is 0 Å².